The lowest BCUT2D eigenvalue weighted by molar-refractivity contribution is 0.101. The first-order valence-corrected chi connectivity index (χ1v) is 6.89. The highest BCUT2D eigenvalue weighted by Crippen LogP contribution is 2.25. The van der Waals surface area contributed by atoms with Gasteiger partial charge in [-0.15, -0.1) is 0 Å². The number of ketones is 1. The van der Waals surface area contributed by atoms with Gasteiger partial charge in [0.15, 0.2) is 5.78 Å². The van der Waals surface area contributed by atoms with Crippen molar-refractivity contribution in [1.82, 2.24) is 0 Å². The Kier molecular flexibility index (Phi) is 5.00. The quantitative estimate of drug-likeness (QED) is 0.753. The van der Waals surface area contributed by atoms with Crippen LogP contribution in [0.1, 0.15) is 24.2 Å². The van der Waals surface area contributed by atoms with Crippen molar-refractivity contribution in [2.24, 2.45) is 0 Å². The van der Waals surface area contributed by atoms with E-state index in [1.807, 2.05) is 18.2 Å². The SMILES string of the molecule is CSCC(C)N(C)c1cccc(F)c1C(C)=O. The minimum absolute atomic E-state index is 0.183. The molecule has 94 valence electrons. The summed E-state index contributed by atoms with van der Waals surface area (Å²) in [5.74, 6) is 0.254. The molecule has 0 aromatic heterocycles. The third-order valence-corrected chi connectivity index (χ3v) is 3.61. The minimum atomic E-state index is -0.446. The Labute approximate surface area is 106 Å². The molecule has 1 rings (SSSR count). The van der Waals surface area contributed by atoms with E-state index in [0.717, 1.165) is 5.75 Å². The lowest BCUT2D eigenvalue weighted by Gasteiger charge is -2.28. The fourth-order valence-corrected chi connectivity index (χ4v) is 2.45. The molecule has 4 heteroatoms. The third-order valence-electron chi connectivity index (χ3n) is 2.79. The van der Waals surface area contributed by atoms with E-state index in [1.165, 1.54) is 13.0 Å². The summed E-state index contributed by atoms with van der Waals surface area (Å²) in [5.41, 5.74) is 0.849. The highest BCUT2D eigenvalue weighted by Gasteiger charge is 2.18. The van der Waals surface area contributed by atoms with Gasteiger partial charge in [-0.25, -0.2) is 4.39 Å². The van der Waals surface area contributed by atoms with Crippen molar-refractivity contribution in [3.63, 3.8) is 0 Å². The molecule has 0 aliphatic carbocycles. The maximum absolute atomic E-state index is 13.7. The van der Waals surface area contributed by atoms with Crippen LogP contribution in [-0.2, 0) is 0 Å². The highest BCUT2D eigenvalue weighted by molar-refractivity contribution is 7.98. The second-order valence-corrected chi connectivity index (χ2v) is 5.02. The molecule has 0 heterocycles. The normalized spacial score (nSPS) is 12.3. The predicted octanol–water partition coefficient (Wildman–Crippen LogP) is 3.22. The van der Waals surface area contributed by atoms with Crippen molar-refractivity contribution >= 4 is 23.2 Å². The van der Waals surface area contributed by atoms with Gasteiger partial charge in [-0.1, -0.05) is 6.07 Å². The number of hydrogen-bond acceptors (Lipinski definition) is 3. The summed E-state index contributed by atoms with van der Waals surface area (Å²) in [5, 5.41) is 0. The van der Waals surface area contributed by atoms with Gasteiger partial charge in [0.25, 0.3) is 0 Å². The van der Waals surface area contributed by atoms with E-state index in [-0.39, 0.29) is 17.4 Å². The molecule has 0 radical (unpaired) electrons. The number of carbonyl (C=O) groups is 1. The van der Waals surface area contributed by atoms with Crippen LogP contribution in [0.4, 0.5) is 10.1 Å². The summed E-state index contributed by atoms with van der Waals surface area (Å²) in [6.45, 7) is 3.46. The molecule has 0 bridgehead atoms. The zero-order valence-corrected chi connectivity index (χ0v) is 11.5. The molecule has 0 spiro atoms. The Bertz CT molecular complexity index is 408. The Balaban J connectivity index is 3.13. The van der Waals surface area contributed by atoms with Crippen molar-refractivity contribution in [3.05, 3.63) is 29.6 Å². The van der Waals surface area contributed by atoms with Gasteiger partial charge in [-0.05, 0) is 32.2 Å². The number of anilines is 1. The number of hydrogen-bond donors (Lipinski definition) is 0. The summed E-state index contributed by atoms with van der Waals surface area (Å²) in [6.07, 6.45) is 2.03. The molecule has 2 nitrogen and oxygen atoms in total. The maximum Gasteiger partial charge on any atom is 0.164 e. The average molecular weight is 255 g/mol. The molecule has 1 aromatic rings. The van der Waals surface area contributed by atoms with Crippen LogP contribution in [-0.4, -0.2) is 30.9 Å². The second-order valence-electron chi connectivity index (χ2n) is 4.11. The van der Waals surface area contributed by atoms with Crippen LogP contribution in [0.25, 0.3) is 0 Å². The van der Waals surface area contributed by atoms with Gasteiger partial charge in [0.05, 0.1) is 11.3 Å². The molecule has 1 atom stereocenters. The van der Waals surface area contributed by atoms with Gasteiger partial charge in [-0.2, -0.15) is 11.8 Å². The number of thioether (sulfide) groups is 1. The first kappa shape index (κ1) is 14.0. The zero-order chi connectivity index (χ0) is 13.0. The van der Waals surface area contributed by atoms with Gasteiger partial charge >= 0.3 is 0 Å². The molecule has 0 saturated carbocycles. The topological polar surface area (TPSA) is 20.3 Å². The first-order chi connectivity index (χ1) is 7.99. The second kappa shape index (κ2) is 6.05. The summed E-state index contributed by atoms with van der Waals surface area (Å²) >= 11 is 1.73. The molecule has 0 aliphatic rings. The number of halogens is 1. The summed E-state index contributed by atoms with van der Waals surface area (Å²) in [4.78, 5) is 13.5. The van der Waals surface area contributed by atoms with Crippen molar-refractivity contribution in [1.29, 1.82) is 0 Å². The molecule has 0 saturated heterocycles. The Hall–Kier alpha value is -1.03. The standard InChI is InChI=1S/C13H18FNOS/c1-9(8-17-4)15(3)12-7-5-6-11(14)13(12)10(2)16/h5-7,9H,8H2,1-4H3. The van der Waals surface area contributed by atoms with Crippen LogP contribution >= 0.6 is 11.8 Å². The van der Waals surface area contributed by atoms with Crippen LogP contribution < -0.4 is 4.90 Å². The lowest BCUT2D eigenvalue weighted by atomic mass is 10.1. The Morgan fingerprint density at radius 2 is 2.18 bits per heavy atom. The molecule has 1 aromatic carbocycles. The van der Waals surface area contributed by atoms with E-state index in [9.17, 15) is 9.18 Å². The predicted molar refractivity (Wildman–Crippen MR) is 72.7 cm³/mol. The first-order valence-electron chi connectivity index (χ1n) is 5.50. The van der Waals surface area contributed by atoms with E-state index in [2.05, 4.69) is 6.92 Å². The van der Waals surface area contributed by atoms with E-state index >= 15 is 0 Å². The van der Waals surface area contributed by atoms with Crippen molar-refractivity contribution in [2.75, 3.05) is 24.0 Å². The fourth-order valence-electron chi connectivity index (χ4n) is 1.75. The van der Waals surface area contributed by atoms with Crippen LogP contribution in [0.5, 0.6) is 0 Å². The fraction of sp³-hybridized carbons (Fsp3) is 0.462. The minimum Gasteiger partial charge on any atom is -0.370 e. The van der Waals surface area contributed by atoms with Crippen LogP contribution in [0.2, 0.25) is 0 Å². The summed E-state index contributed by atoms with van der Waals surface area (Å²) in [7, 11) is 1.89. The van der Waals surface area contributed by atoms with E-state index in [0.29, 0.717) is 5.69 Å². The monoisotopic (exact) mass is 255 g/mol. The average Bonchev–Trinajstić information content (AvgIpc) is 2.27. The highest BCUT2D eigenvalue weighted by atomic mass is 32.2. The van der Waals surface area contributed by atoms with Crippen molar-refractivity contribution in [3.8, 4) is 0 Å². The van der Waals surface area contributed by atoms with Gasteiger partial charge in [0.1, 0.15) is 5.82 Å². The van der Waals surface area contributed by atoms with E-state index < -0.39 is 5.82 Å². The molecule has 0 N–H and O–H groups in total. The van der Waals surface area contributed by atoms with Gasteiger partial charge in [0.2, 0.25) is 0 Å². The molecule has 0 fully saturated rings. The maximum atomic E-state index is 13.7. The van der Waals surface area contributed by atoms with Gasteiger partial charge in [-0.3, -0.25) is 4.79 Å². The summed E-state index contributed by atoms with van der Waals surface area (Å²) in [6, 6.07) is 5.01. The number of benzene rings is 1. The van der Waals surface area contributed by atoms with Gasteiger partial charge < -0.3 is 4.90 Å². The number of Topliss-reactive ketones (excluding diaryl/α,β-unsaturated/α-hetero) is 1. The summed E-state index contributed by atoms with van der Waals surface area (Å²) < 4.78 is 13.7. The Morgan fingerprint density at radius 1 is 1.53 bits per heavy atom. The molecular weight excluding hydrogens is 237 g/mol. The third kappa shape index (κ3) is 3.22. The van der Waals surface area contributed by atoms with Gasteiger partial charge in [0, 0.05) is 18.8 Å². The van der Waals surface area contributed by atoms with E-state index in [1.54, 1.807) is 23.9 Å². The smallest absolute Gasteiger partial charge is 0.164 e. The van der Waals surface area contributed by atoms with Crippen LogP contribution in [0.3, 0.4) is 0 Å². The van der Waals surface area contributed by atoms with Crippen molar-refractivity contribution in [2.45, 2.75) is 19.9 Å². The molecule has 0 aliphatic heterocycles. The number of carbonyl (C=O) groups excluding carboxylic acids is 1. The number of nitrogens with zero attached hydrogens (tertiary/aromatic N) is 1. The lowest BCUT2D eigenvalue weighted by Crippen LogP contribution is -2.32. The molecule has 1 unspecified atom stereocenters. The zero-order valence-electron chi connectivity index (χ0n) is 10.7. The molecule has 0 amide bonds. The number of rotatable bonds is 5. The van der Waals surface area contributed by atoms with Crippen molar-refractivity contribution < 1.29 is 9.18 Å². The van der Waals surface area contributed by atoms with Crippen LogP contribution in [0.15, 0.2) is 18.2 Å². The Morgan fingerprint density at radius 3 is 2.71 bits per heavy atom. The molecule has 17 heavy (non-hydrogen) atoms. The molecular formula is C13H18FNOS. The van der Waals surface area contributed by atoms with Crippen LogP contribution in [0, 0.1) is 5.82 Å². The largest absolute Gasteiger partial charge is 0.370 e. The van der Waals surface area contributed by atoms with E-state index in [4.69, 9.17) is 0 Å².